The van der Waals surface area contributed by atoms with Crippen molar-refractivity contribution in [3.8, 4) is 11.3 Å². The van der Waals surface area contributed by atoms with E-state index in [0.717, 1.165) is 17.7 Å². The van der Waals surface area contributed by atoms with Crippen LogP contribution in [0.4, 0.5) is 8.78 Å². The van der Waals surface area contributed by atoms with Crippen LogP contribution in [0.2, 0.25) is 0 Å². The van der Waals surface area contributed by atoms with Gasteiger partial charge in [-0.3, -0.25) is 9.48 Å². The summed E-state index contributed by atoms with van der Waals surface area (Å²) in [4.78, 5) is 18.4. The Balaban J connectivity index is 1.54. The van der Waals surface area contributed by atoms with Crippen molar-refractivity contribution in [2.75, 3.05) is 6.54 Å². The Morgan fingerprint density at radius 3 is 2.93 bits per heavy atom. The topological polar surface area (TPSA) is 77.0 Å². The van der Waals surface area contributed by atoms with Gasteiger partial charge in [-0.25, -0.2) is 13.8 Å². The maximum absolute atomic E-state index is 13.6. The van der Waals surface area contributed by atoms with Gasteiger partial charge in [-0.15, -0.1) is 0 Å². The molecular weight excluding hydrogens is 356 g/mol. The summed E-state index contributed by atoms with van der Waals surface area (Å²) in [6.45, 7) is 3.10. The molecule has 0 radical (unpaired) electrons. The molecule has 0 fully saturated rings. The molecule has 3 heterocycles. The third-order valence-electron chi connectivity index (χ3n) is 4.68. The first kappa shape index (κ1) is 17.3. The van der Waals surface area contributed by atoms with Gasteiger partial charge in [0, 0.05) is 24.1 Å². The lowest BCUT2D eigenvalue weighted by molar-refractivity contribution is -0.136. The molecule has 1 aliphatic heterocycles. The summed E-state index contributed by atoms with van der Waals surface area (Å²) in [5.41, 5.74) is 1.59. The summed E-state index contributed by atoms with van der Waals surface area (Å²) in [5.74, 6) is -1.50. The van der Waals surface area contributed by atoms with Crippen LogP contribution in [0, 0.1) is 17.6 Å². The molecule has 4 rings (SSSR count). The molecule has 0 saturated heterocycles. The molecule has 0 aliphatic carbocycles. The summed E-state index contributed by atoms with van der Waals surface area (Å²) in [7, 11) is 0. The van der Waals surface area contributed by atoms with E-state index >= 15 is 0 Å². The van der Waals surface area contributed by atoms with Crippen LogP contribution in [0.5, 0.6) is 0 Å². The fourth-order valence-electron chi connectivity index (χ4n) is 3.26. The molecule has 140 valence electrons. The second-order valence-corrected chi connectivity index (χ2v) is 6.59. The average molecular weight is 373 g/mol. The number of fused-ring (bicyclic) bond motifs is 1. The van der Waals surface area contributed by atoms with Gasteiger partial charge in [0.1, 0.15) is 24.1 Å². The van der Waals surface area contributed by atoms with E-state index in [1.54, 1.807) is 15.9 Å². The summed E-state index contributed by atoms with van der Waals surface area (Å²) in [5, 5.41) is 8.04. The molecule has 0 bridgehead atoms. The number of amides is 1. The normalized spacial score (nSPS) is 14.9. The Kier molecular flexibility index (Phi) is 4.43. The molecule has 0 saturated carbocycles. The third-order valence-corrected chi connectivity index (χ3v) is 4.68. The van der Waals surface area contributed by atoms with Crippen LogP contribution in [0.15, 0.2) is 35.4 Å². The standard InChI is InChI=1S/C18H17F2N5O2/c1-11(7-25-10-21-9-22-25)18(26)24-5-4-16-13(8-24)17(23-27-16)12-2-3-14(19)15(20)6-12/h2-3,6,9-11H,4-5,7-8H2,1H3/t11-/m1/s1. The Morgan fingerprint density at radius 1 is 1.33 bits per heavy atom. The van der Waals surface area contributed by atoms with Crippen LogP contribution in [0.25, 0.3) is 11.3 Å². The van der Waals surface area contributed by atoms with Crippen molar-refractivity contribution in [3.05, 3.63) is 53.8 Å². The van der Waals surface area contributed by atoms with E-state index in [-0.39, 0.29) is 11.8 Å². The minimum atomic E-state index is -0.950. The van der Waals surface area contributed by atoms with Crippen molar-refractivity contribution in [1.82, 2.24) is 24.8 Å². The summed E-state index contributed by atoms with van der Waals surface area (Å²) in [6.07, 6.45) is 3.52. The monoisotopic (exact) mass is 373 g/mol. The van der Waals surface area contributed by atoms with E-state index in [1.165, 1.54) is 12.4 Å². The van der Waals surface area contributed by atoms with Crippen LogP contribution in [-0.2, 0) is 24.3 Å². The molecule has 1 aromatic carbocycles. The van der Waals surface area contributed by atoms with E-state index in [1.807, 2.05) is 6.92 Å². The average Bonchev–Trinajstić information content (AvgIpc) is 3.32. The van der Waals surface area contributed by atoms with Crippen LogP contribution in [0.1, 0.15) is 18.2 Å². The number of carbonyl (C=O) groups is 1. The van der Waals surface area contributed by atoms with Crippen molar-refractivity contribution in [2.24, 2.45) is 5.92 Å². The molecule has 7 nitrogen and oxygen atoms in total. The highest BCUT2D eigenvalue weighted by Gasteiger charge is 2.30. The first-order valence-electron chi connectivity index (χ1n) is 8.57. The number of nitrogens with zero attached hydrogens (tertiary/aromatic N) is 5. The highest BCUT2D eigenvalue weighted by molar-refractivity contribution is 5.79. The fraction of sp³-hybridized carbons (Fsp3) is 0.333. The van der Waals surface area contributed by atoms with Crippen molar-refractivity contribution < 1.29 is 18.1 Å². The van der Waals surface area contributed by atoms with Gasteiger partial charge >= 0.3 is 0 Å². The van der Waals surface area contributed by atoms with Crippen molar-refractivity contribution in [3.63, 3.8) is 0 Å². The van der Waals surface area contributed by atoms with Gasteiger partial charge in [0.25, 0.3) is 0 Å². The smallest absolute Gasteiger partial charge is 0.227 e. The van der Waals surface area contributed by atoms with Gasteiger partial charge < -0.3 is 9.42 Å². The molecule has 27 heavy (non-hydrogen) atoms. The van der Waals surface area contributed by atoms with Crippen LogP contribution in [-0.4, -0.2) is 37.3 Å². The Hall–Kier alpha value is -3.10. The minimum absolute atomic E-state index is 0.0198. The van der Waals surface area contributed by atoms with Gasteiger partial charge in [-0.1, -0.05) is 12.1 Å². The van der Waals surface area contributed by atoms with E-state index in [9.17, 15) is 13.6 Å². The lowest BCUT2D eigenvalue weighted by atomic mass is 10.00. The summed E-state index contributed by atoms with van der Waals surface area (Å²) < 4.78 is 33.8. The van der Waals surface area contributed by atoms with Crippen LogP contribution >= 0.6 is 0 Å². The third kappa shape index (κ3) is 3.32. The first-order valence-corrected chi connectivity index (χ1v) is 8.57. The predicted octanol–water partition coefficient (Wildman–Crippen LogP) is 2.43. The molecule has 3 aromatic rings. The number of hydrogen-bond donors (Lipinski definition) is 0. The fourth-order valence-corrected chi connectivity index (χ4v) is 3.26. The van der Waals surface area contributed by atoms with Crippen LogP contribution < -0.4 is 0 Å². The maximum Gasteiger partial charge on any atom is 0.227 e. The Labute approximate surface area is 153 Å². The number of aromatic nitrogens is 4. The zero-order chi connectivity index (χ0) is 19.0. The summed E-state index contributed by atoms with van der Waals surface area (Å²) >= 11 is 0. The molecule has 0 N–H and O–H groups in total. The Morgan fingerprint density at radius 2 is 2.19 bits per heavy atom. The van der Waals surface area contributed by atoms with Gasteiger partial charge in [0.05, 0.1) is 19.0 Å². The Bertz CT molecular complexity index is 970. The first-order chi connectivity index (χ1) is 13.0. The van der Waals surface area contributed by atoms with Gasteiger partial charge in [-0.2, -0.15) is 5.10 Å². The number of rotatable bonds is 4. The minimum Gasteiger partial charge on any atom is -0.360 e. The molecule has 1 atom stereocenters. The zero-order valence-electron chi connectivity index (χ0n) is 14.6. The summed E-state index contributed by atoms with van der Waals surface area (Å²) in [6, 6.07) is 3.59. The van der Waals surface area contributed by atoms with Crippen molar-refractivity contribution in [2.45, 2.75) is 26.4 Å². The molecule has 9 heteroatoms. The lowest BCUT2D eigenvalue weighted by Gasteiger charge is -2.28. The molecule has 1 amide bonds. The van der Waals surface area contributed by atoms with Gasteiger partial charge in [0.15, 0.2) is 11.6 Å². The number of hydrogen-bond acceptors (Lipinski definition) is 5. The maximum atomic E-state index is 13.6. The highest BCUT2D eigenvalue weighted by Crippen LogP contribution is 2.31. The van der Waals surface area contributed by atoms with E-state index in [0.29, 0.717) is 43.1 Å². The van der Waals surface area contributed by atoms with E-state index in [2.05, 4.69) is 15.2 Å². The SMILES string of the molecule is C[C@H](Cn1cncn1)C(=O)N1CCc2onc(-c3ccc(F)c(F)c3)c2C1. The number of halogens is 2. The van der Waals surface area contributed by atoms with Gasteiger partial charge in [-0.05, 0) is 18.2 Å². The quantitative estimate of drug-likeness (QED) is 0.702. The lowest BCUT2D eigenvalue weighted by Crippen LogP contribution is -2.40. The molecule has 2 aromatic heterocycles. The van der Waals surface area contributed by atoms with Gasteiger partial charge in [0.2, 0.25) is 5.91 Å². The largest absolute Gasteiger partial charge is 0.360 e. The predicted molar refractivity (Wildman–Crippen MR) is 90.2 cm³/mol. The second kappa shape index (κ2) is 6.90. The molecule has 0 unspecified atom stereocenters. The molecular formula is C18H17F2N5O2. The van der Waals surface area contributed by atoms with Crippen LogP contribution in [0.3, 0.4) is 0 Å². The number of carbonyl (C=O) groups excluding carboxylic acids is 1. The van der Waals surface area contributed by atoms with Crippen molar-refractivity contribution >= 4 is 5.91 Å². The highest BCUT2D eigenvalue weighted by atomic mass is 19.2. The molecule has 1 aliphatic rings. The van der Waals surface area contributed by atoms with E-state index < -0.39 is 11.6 Å². The van der Waals surface area contributed by atoms with Crippen molar-refractivity contribution in [1.29, 1.82) is 0 Å². The molecule has 0 spiro atoms. The second-order valence-electron chi connectivity index (χ2n) is 6.59. The number of benzene rings is 1. The van der Waals surface area contributed by atoms with E-state index in [4.69, 9.17) is 4.52 Å². The zero-order valence-corrected chi connectivity index (χ0v) is 14.6.